The first kappa shape index (κ1) is 14.7. The Hall–Kier alpha value is -1.35. The topological polar surface area (TPSA) is 55.1 Å². The molecule has 100 valence electrons. The molecule has 3 heteroatoms. The van der Waals surface area contributed by atoms with Gasteiger partial charge in [0.25, 0.3) is 0 Å². The maximum absolute atomic E-state index is 11.4. The second-order valence-corrected chi connectivity index (χ2v) is 5.13. The molecule has 1 aromatic carbocycles. The maximum atomic E-state index is 11.4. The maximum Gasteiger partial charge on any atom is 0.239 e. The number of hydrogen-bond acceptors (Lipinski definition) is 2. The molecule has 0 aliphatic carbocycles. The molecule has 1 amide bonds. The second-order valence-electron chi connectivity index (χ2n) is 5.13. The molecule has 0 saturated heterocycles. The summed E-state index contributed by atoms with van der Waals surface area (Å²) in [5.41, 5.74) is 7.67. The summed E-state index contributed by atoms with van der Waals surface area (Å²) in [7, 11) is 0. The van der Waals surface area contributed by atoms with Crippen LogP contribution in [0.3, 0.4) is 0 Å². The van der Waals surface area contributed by atoms with Gasteiger partial charge in [-0.3, -0.25) is 4.79 Å². The smallest absolute Gasteiger partial charge is 0.239 e. The predicted octanol–water partition coefficient (Wildman–Crippen LogP) is 2.41. The lowest BCUT2D eigenvalue weighted by molar-refractivity contribution is -0.120. The standard InChI is InChI=1S/C15H24N2O/c1-4-9-17-14(15(16)18)13-7-5-12(6-8-13)10-11(2)3/h5-8,11,14,17H,4,9-10H2,1-3H3,(H2,16,18). The monoisotopic (exact) mass is 248 g/mol. The molecule has 18 heavy (non-hydrogen) atoms. The molecule has 0 bridgehead atoms. The molecule has 0 radical (unpaired) electrons. The fraction of sp³-hybridized carbons (Fsp3) is 0.533. The van der Waals surface area contributed by atoms with Crippen molar-refractivity contribution in [3.63, 3.8) is 0 Å². The van der Waals surface area contributed by atoms with Crippen LogP contribution in [0.25, 0.3) is 0 Å². The quantitative estimate of drug-likeness (QED) is 0.778. The average molecular weight is 248 g/mol. The van der Waals surface area contributed by atoms with Crippen LogP contribution in [-0.2, 0) is 11.2 Å². The van der Waals surface area contributed by atoms with E-state index in [-0.39, 0.29) is 11.9 Å². The molecule has 3 N–H and O–H groups in total. The average Bonchev–Trinajstić information content (AvgIpc) is 2.30. The van der Waals surface area contributed by atoms with Crippen molar-refractivity contribution in [3.8, 4) is 0 Å². The number of nitrogens with one attached hydrogen (secondary N) is 1. The SMILES string of the molecule is CCCNC(C(N)=O)c1ccc(CC(C)C)cc1. The van der Waals surface area contributed by atoms with Gasteiger partial charge in [0, 0.05) is 0 Å². The minimum atomic E-state index is -0.377. The molecule has 3 nitrogen and oxygen atoms in total. The Balaban J connectivity index is 2.77. The van der Waals surface area contributed by atoms with E-state index >= 15 is 0 Å². The van der Waals surface area contributed by atoms with E-state index in [1.54, 1.807) is 0 Å². The van der Waals surface area contributed by atoms with Crippen molar-refractivity contribution in [2.24, 2.45) is 11.7 Å². The molecule has 0 fully saturated rings. The van der Waals surface area contributed by atoms with E-state index in [0.29, 0.717) is 5.92 Å². The zero-order valence-corrected chi connectivity index (χ0v) is 11.6. The number of amides is 1. The van der Waals surface area contributed by atoms with Gasteiger partial charge < -0.3 is 11.1 Å². The van der Waals surface area contributed by atoms with E-state index in [0.717, 1.165) is 24.9 Å². The van der Waals surface area contributed by atoms with Crippen LogP contribution in [0, 0.1) is 5.92 Å². The van der Waals surface area contributed by atoms with E-state index in [1.165, 1.54) is 5.56 Å². The molecular weight excluding hydrogens is 224 g/mol. The van der Waals surface area contributed by atoms with E-state index in [1.807, 2.05) is 12.1 Å². The highest BCUT2D eigenvalue weighted by molar-refractivity contribution is 5.81. The van der Waals surface area contributed by atoms with Crippen molar-refractivity contribution in [2.75, 3.05) is 6.54 Å². The summed E-state index contributed by atoms with van der Waals surface area (Å²) in [6, 6.07) is 7.78. The Kier molecular flexibility index (Phi) is 5.86. The van der Waals surface area contributed by atoms with Gasteiger partial charge in [-0.1, -0.05) is 45.0 Å². The van der Waals surface area contributed by atoms with Crippen LogP contribution in [0.5, 0.6) is 0 Å². The van der Waals surface area contributed by atoms with Crippen molar-refractivity contribution in [3.05, 3.63) is 35.4 Å². The summed E-state index contributed by atoms with van der Waals surface area (Å²) < 4.78 is 0. The fourth-order valence-corrected chi connectivity index (χ4v) is 1.99. The minimum Gasteiger partial charge on any atom is -0.368 e. The molecule has 0 aromatic heterocycles. The van der Waals surface area contributed by atoms with Crippen LogP contribution < -0.4 is 11.1 Å². The molecule has 0 heterocycles. The van der Waals surface area contributed by atoms with Crippen LogP contribution >= 0.6 is 0 Å². The number of hydrogen-bond donors (Lipinski definition) is 2. The van der Waals surface area contributed by atoms with Gasteiger partial charge in [-0.15, -0.1) is 0 Å². The number of carbonyl (C=O) groups excluding carboxylic acids is 1. The molecule has 1 atom stereocenters. The van der Waals surface area contributed by atoms with Crippen LogP contribution in [0.1, 0.15) is 44.4 Å². The van der Waals surface area contributed by atoms with Crippen molar-refractivity contribution in [2.45, 2.75) is 39.7 Å². The number of rotatable bonds is 7. The zero-order chi connectivity index (χ0) is 13.5. The molecule has 1 unspecified atom stereocenters. The molecular formula is C15H24N2O. The third kappa shape index (κ3) is 4.49. The third-order valence-electron chi connectivity index (χ3n) is 2.84. The van der Waals surface area contributed by atoms with Crippen LogP contribution in [0.15, 0.2) is 24.3 Å². The Morgan fingerprint density at radius 1 is 1.28 bits per heavy atom. The van der Waals surface area contributed by atoms with Crippen LogP contribution in [-0.4, -0.2) is 12.5 Å². The lowest BCUT2D eigenvalue weighted by Crippen LogP contribution is -2.34. The second kappa shape index (κ2) is 7.17. The third-order valence-corrected chi connectivity index (χ3v) is 2.84. The number of nitrogens with two attached hydrogens (primary N) is 1. The Bertz CT molecular complexity index is 371. The van der Waals surface area contributed by atoms with E-state index in [2.05, 4.69) is 38.2 Å². The van der Waals surface area contributed by atoms with Crippen molar-refractivity contribution in [1.29, 1.82) is 0 Å². The van der Waals surface area contributed by atoms with Gasteiger partial charge in [0.2, 0.25) is 5.91 Å². The highest BCUT2D eigenvalue weighted by atomic mass is 16.1. The highest BCUT2D eigenvalue weighted by Crippen LogP contribution is 2.15. The number of benzene rings is 1. The van der Waals surface area contributed by atoms with Crippen molar-refractivity contribution in [1.82, 2.24) is 5.32 Å². The van der Waals surface area contributed by atoms with E-state index in [4.69, 9.17) is 5.73 Å². The Morgan fingerprint density at radius 2 is 1.89 bits per heavy atom. The van der Waals surface area contributed by atoms with Crippen molar-refractivity contribution < 1.29 is 4.79 Å². The molecule has 0 spiro atoms. The first-order chi connectivity index (χ1) is 8.54. The molecule has 0 aliphatic heterocycles. The van der Waals surface area contributed by atoms with Gasteiger partial charge in [0.05, 0.1) is 0 Å². The van der Waals surface area contributed by atoms with Crippen LogP contribution in [0.2, 0.25) is 0 Å². The summed E-state index contributed by atoms with van der Waals surface area (Å²) >= 11 is 0. The molecule has 0 aliphatic rings. The number of carbonyl (C=O) groups is 1. The van der Waals surface area contributed by atoms with Gasteiger partial charge in [0.1, 0.15) is 6.04 Å². The lowest BCUT2D eigenvalue weighted by Gasteiger charge is -2.16. The summed E-state index contributed by atoms with van der Waals surface area (Å²) in [4.78, 5) is 11.4. The van der Waals surface area contributed by atoms with E-state index < -0.39 is 0 Å². The molecule has 1 rings (SSSR count). The first-order valence-corrected chi connectivity index (χ1v) is 6.66. The highest BCUT2D eigenvalue weighted by Gasteiger charge is 2.16. The Morgan fingerprint density at radius 3 is 2.33 bits per heavy atom. The summed E-state index contributed by atoms with van der Waals surface area (Å²) in [6.45, 7) is 7.25. The largest absolute Gasteiger partial charge is 0.368 e. The van der Waals surface area contributed by atoms with Crippen LogP contribution in [0.4, 0.5) is 0 Å². The normalized spacial score (nSPS) is 12.7. The van der Waals surface area contributed by atoms with Crippen molar-refractivity contribution >= 4 is 5.91 Å². The minimum absolute atomic E-state index is 0.319. The van der Waals surface area contributed by atoms with Gasteiger partial charge >= 0.3 is 0 Å². The summed E-state index contributed by atoms with van der Waals surface area (Å²) in [6.07, 6.45) is 2.04. The Labute approximate surface area is 110 Å². The van der Waals surface area contributed by atoms with Gasteiger partial charge in [-0.25, -0.2) is 0 Å². The number of primary amides is 1. The first-order valence-electron chi connectivity index (χ1n) is 6.66. The fourth-order valence-electron chi connectivity index (χ4n) is 1.99. The summed E-state index contributed by atoms with van der Waals surface area (Å²) in [5, 5.41) is 3.17. The van der Waals surface area contributed by atoms with Gasteiger partial charge in [-0.2, -0.15) is 0 Å². The molecule has 1 aromatic rings. The zero-order valence-electron chi connectivity index (χ0n) is 11.6. The van der Waals surface area contributed by atoms with Gasteiger partial charge in [-0.05, 0) is 36.4 Å². The van der Waals surface area contributed by atoms with Gasteiger partial charge in [0.15, 0.2) is 0 Å². The summed E-state index contributed by atoms with van der Waals surface area (Å²) in [5.74, 6) is 0.320. The molecule has 0 saturated carbocycles. The lowest BCUT2D eigenvalue weighted by atomic mass is 9.99. The van der Waals surface area contributed by atoms with E-state index in [9.17, 15) is 4.79 Å². The predicted molar refractivity (Wildman–Crippen MR) is 75.2 cm³/mol.